The van der Waals surface area contributed by atoms with Crippen molar-refractivity contribution < 1.29 is 45.0 Å². The molecule has 0 unspecified atom stereocenters. The van der Waals surface area contributed by atoms with Gasteiger partial charge in [0.25, 0.3) is 5.91 Å². The number of nitrogens with zero attached hydrogens (tertiary/aromatic N) is 3. The fourth-order valence-corrected chi connectivity index (χ4v) is 3.91. The van der Waals surface area contributed by atoms with E-state index in [1.807, 2.05) is 0 Å². The van der Waals surface area contributed by atoms with Crippen LogP contribution in [0.1, 0.15) is 40.8 Å². The van der Waals surface area contributed by atoms with E-state index in [1.54, 1.807) is 0 Å². The molecule has 1 saturated heterocycles. The van der Waals surface area contributed by atoms with E-state index in [0.717, 1.165) is 12.1 Å². The fraction of sp³-hybridized carbons (Fsp3) is 0.429. The van der Waals surface area contributed by atoms with Gasteiger partial charge < -0.3 is 19.8 Å². The maximum atomic E-state index is 12.9. The second kappa shape index (κ2) is 10.3. The molecule has 0 radical (unpaired) electrons. The van der Waals surface area contributed by atoms with Gasteiger partial charge in [0, 0.05) is 11.9 Å². The van der Waals surface area contributed by atoms with Gasteiger partial charge in [-0.25, -0.2) is 4.98 Å². The summed E-state index contributed by atoms with van der Waals surface area (Å²) in [4.78, 5) is 15.9. The van der Waals surface area contributed by atoms with Gasteiger partial charge in [0.2, 0.25) is 5.89 Å². The van der Waals surface area contributed by atoms with Crippen molar-refractivity contribution in [3.8, 4) is 6.08 Å². The van der Waals surface area contributed by atoms with Gasteiger partial charge in [0.05, 0.1) is 28.6 Å². The third-order valence-electron chi connectivity index (χ3n) is 5.38. The molecule has 0 bridgehead atoms. The molecular formula is C21H19F6N5O4S. The van der Waals surface area contributed by atoms with Gasteiger partial charge >= 0.3 is 18.6 Å². The number of benzene rings is 1. The van der Waals surface area contributed by atoms with Gasteiger partial charge in [-0.2, -0.15) is 25.8 Å². The Morgan fingerprint density at radius 1 is 1.16 bits per heavy atom. The Bertz CT molecular complexity index is 1260. The molecule has 0 spiro atoms. The summed E-state index contributed by atoms with van der Waals surface area (Å²) in [6.07, 6.45) is -8.82. The van der Waals surface area contributed by atoms with Crippen LogP contribution in [0.2, 0.25) is 0 Å². The number of halogens is 6. The minimum Gasteiger partial charge on any atom is -0.447 e. The first-order valence-electron chi connectivity index (χ1n) is 10.7. The Kier molecular flexibility index (Phi) is 7.52. The third-order valence-corrected chi connectivity index (χ3v) is 5.87. The van der Waals surface area contributed by atoms with Crippen molar-refractivity contribution in [3.05, 3.63) is 47.5 Å². The summed E-state index contributed by atoms with van der Waals surface area (Å²) in [7, 11) is 0. The van der Waals surface area contributed by atoms with Crippen molar-refractivity contribution in [1.29, 1.82) is 0 Å². The Morgan fingerprint density at radius 3 is 2.62 bits per heavy atom. The highest BCUT2D eigenvalue weighted by atomic mass is 32.1. The predicted octanol–water partition coefficient (Wildman–Crippen LogP) is 4.03. The van der Waals surface area contributed by atoms with E-state index in [-0.39, 0.29) is 35.1 Å². The molecular weight excluding hydrogens is 532 g/mol. The summed E-state index contributed by atoms with van der Waals surface area (Å²) in [5.74, 6) is -0.422. The summed E-state index contributed by atoms with van der Waals surface area (Å²) in [6, 6.07) is 5.34. The highest BCUT2D eigenvalue weighted by Crippen LogP contribution is 2.32. The molecule has 1 amide bonds. The Hall–Kier alpha value is -3.11. The number of hydrogen-bond donors (Lipinski definition) is 3. The van der Waals surface area contributed by atoms with Gasteiger partial charge in [-0.05, 0) is 37.1 Å². The normalized spacial score (nSPS) is 20.7. The second-order valence-corrected chi connectivity index (χ2v) is 8.96. The number of fused-ring (bicyclic) bond motifs is 1. The zero-order chi connectivity index (χ0) is 26.8. The molecule has 4 rings (SSSR count). The molecule has 1 aromatic carbocycles. The standard InChI is InChI=1S/C21H19F6N5O4S/c22-20(23,24)12-2-4-13-11(9-12)1-3-14(29-13)16(33)30-19(37)6-5-15(28-10-19)17-31-32-18(36-17)34-7-8-35-21(25,26)27/h1-4,9,15,28,37H,5-8,10H2,(H,30,33)/t15-,19-/m1/s1. The van der Waals surface area contributed by atoms with Crippen molar-refractivity contribution >= 4 is 29.4 Å². The molecule has 1 fully saturated rings. The number of hydrogen-bond acceptors (Lipinski definition) is 9. The average Bonchev–Trinajstić information content (AvgIpc) is 3.29. The van der Waals surface area contributed by atoms with Crippen LogP contribution >= 0.6 is 12.6 Å². The van der Waals surface area contributed by atoms with Crippen LogP contribution in [0.5, 0.6) is 6.08 Å². The van der Waals surface area contributed by atoms with Crippen LogP contribution in [0.4, 0.5) is 26.3 Å². The quantitative estimate of drug-likeness (QED) is 0.175. The van der Waals surface area contributed by atoms with Crippen LogP contribution in [-0.2, 0) is 10.9 Å². The van der Waals surface area contributed by atoms with Gasteiger partial charge in [-0.15, -0.1) is 18.3 Å². The number of pyridine rings is 1. The number of thiol groups is 1. The monoisotopic (exact) mass is 551 g/mol. The molecule has 2 aromatic heterocycles. The van der Waals surface area contributed by atoms with E-state index < -0.39 is 48.1 Å². The topological polar surface area (TPSA) is 111 Å². The van der Waals surface area contributed by atoms with E-state index in [9.17, 15) is 31.1 Å². The van der Waals surface area contributed by atoms with Gasteiger partial charge in [-0.1, -0.05) is 11.2 Å². The molecule has 200 valence electrons. The molecule has 9 nitrogen and oxygen atoms in total. The van der Waals surface area contributed by atoms with Crippen molar-refractivity contribution in [1.82, 2.24) is 25.8 Å². The smallest absolute Gasteiger partial charge is 0.447 e. The minimum absolute atomic E-state index is 0.0102. The zero-order valence-electron chi connectivity index (χ0n) is 18.7. The van der Waals surface area contributed by atoms with E-state index in [0.29, 0.717) is 12.8 Å². The molecule has 3 heterocycles. The van der Waals surface area contributed by atoms with Crippen molar-refractivity contribution in [3.63, 3.8) is 0 Å². The molecule has 1 aliphatic rings. The number of amides is 1. The van der Waals surface area contributed by atoms with Gasteiger partial charge in [0.15, 0.2) is 0 Å². The van der Waals surface area contributed by atoms with Crippen LogP contribution in [0, 0.1) is 0 Å². The van der Waals surface area contributed by atoms with Crippen LogP contribution in [-0.4, -0.2) is 52.1 Å². The lowest BCUT2D eigenvalue weighted by molar-refractivity contribution is -0.325. The maximum Gasteiger partial charge on any atom is 0.522 e. The van der Waals surface area contributed by atoms with Crippen LogP contribution in [0.15, 0.2) is 34.7 Å². The molecule has 0 saturated carbocycles. The first-order valence-corrected chi connectivity index (χ1v) is 11.2. The molecule has 3 aromatic rings. The lowest BCUT2D eigenvalue weighted by Crippen LogP contribution is -2.54. The van der Waals surface area contributed by atoms with Crippen LogP contribution < -0.4 is 15.4 Å². The fourth-order valence-electron chi connectivity index (χ4n) is 3.59. The number of piperidine rings is 1. The summed E-state index contributed by atoms with van der Waals surface area (Å²) in [5, 5.41) is 13.5. The number of carbonyl (C=O) groups excluding carboxylic acids is 1. The average molecular weight is 551 g/mol. The number of rotatable bonds is 7. The minimum atomic E-state index is -4.77. The predicted molar refractivity (Wildman–Crippen MR) is 118 cm³/mol. The zero-order valence-corrected chi connectivity index (χ0v) is 19.6. The summed E-state index contributed by atoms with van der Waals surface area (Å²) >= 11 is 4.55. The summed E-state index contributed by atoms with van der Waals surface area (Å²) in [6.45, 7) is -1.02. The number of nitrogens with one attached hydrogen (secondary N) is 2. The lowest BCUT2D eigenvalue weighted by Gasteiger charge is -2.36. The highest BCUT2D eigenvalue weighted by Gasteiger charge is 2.36. The van der Waals surface area contributed by atoms with E-state index in [1.165, 1.54) is 18.2 Å². The molecule has 2 N–H and O–H groups in total. The summed E-state index contributed by atoms with van der Waals surface area (Å²) in [5.41, 5.74) is -0.572. The Labute approximate surface area is 210 Å². The third kappa shape index (κ3) is 7.01. The number of alkyl halides is 6. The molecule has 16 heteroatoms. The first-order chi connectivity index (χ1) is 17.3. The SMILES string of the molecule is O=C(N[C@@]1(S)CC[C@H](c2nnc(OCCOC(F)(F)F)o2)NC1)c1ccc2cc(C(F)(F)F)ccc2n1. The highest BCUT2D eigenvalue weighted by molar-refractivity contribution is 7.81. The Morgan fingerprint density at radius 2 is 1.95 bits per heavy atom. The largest absolute Gasteiger partial charge is 0.522 e. The second-order valence-electron chi connectivity index (χ2n) is 8.11. The summed E-state index contributed by atoms with van der Waals surface area (Å²) < 4.78 is 88.5. The lowest BCUT2D eigenvalue weighted by atomic mass is 9.99. The number of aromatic nitrogens is 3. The molecule has 1 aliphatic heterocycles. The van der Waals surface area contributed by atoms with Crippen molar-refractivity contribution in [2.45, 2.75) is 36.3 Å². The maximum absolute atomic E-state index is 12.9. The molecule has 37 heavy (non-hydrogen) atoms. The van der Waals surface area contributed by atoms with Gasteiger partial charge in [0.1, 0.15) is 12.3 Å². The van der Waals surface area contributed by atoms with Crippen LogP contribution in [0.25, 0.3) is 10.9 Å². The number of carbonyl (C=O) groups is 1. The van der Waals surface area contributed by atoms with E-state index >= 15 is 0 Å². The number of ether oxygens (including phenoxy) is 2. The molecule has 2 atom stereocenters. The van der Waals surface area contributed by atoms with E-state index in [2.05, 4.69) is 43.2 Å². The van der Waals surface area contributed by atoms with E-state index in [4.69, 9.17) is 9.15 Å². The van der Waals surface area contributed by atoms with Crippen LogP contribution in [0.3, 0.4) is 0 Å². The van der Waals surface area contributed by atoms with Crippen molar-refractivity contribution in [2.75, 3.05) is 19.8 Å². The first kappa shape index (κ1) is 26.9. The molecule has 0 aliphatic carbocycles. The Balaban J connectivity index is 1.31. The van der Waals surface area contributed by atoms with Gasteiger partial charge in [-0.3, -0.25) is 9.53 Å². The van der Waals surface area contributed by atoms with Crippen molar-refractivity contribution in [2.24, 2.45) is 0 Å².